The number of H-pyrrole nitrogens is 1. The summed E-state index contributed by atoms with van der Waals surface area (Å²) in [6.45, 7) is 4.25. The fraction of sp³-hybridized carbons (Fsp3) is 0.538. The van der Waals surface area contributed by atoms with Crippen LogP contribution in [-0.4, -0.2) is 38.1 Å². The minimum Gasteiger partial charge on any atom is -0.365 e. The molecule has 1 saturated heterocycles. The van der Waals surface area contributed by atoms with Gasteiger partial charge in [-0.3, -0.25) is 4.79 Å². The van der Waals surface area contributed by atoms with Gasteiger partial charge in [-0.25, -0.2) is 9.88 Å². The summed E-state index contributed by atoms with van der Waals surface area (Å²) in [7, 11) is 0. The third-order valence-corrected chi connectivity index (χ3v) is 4.25. The van der Waals surface area contributed by atoms with Gasteiger partial charge in [-0.2, -0.15) is 13.2 Å². The van der Waals surface area contributed by atoms with Crippen molar-refractivity contribution in [3.05, 3.63) is 22.8 Å². The third-order valence-electron chi connectivity index (χ3n) is 3.96. The van der Waals surface area contributed by atoms with Crippen LogP contribution in [0.4, 0.5) is 19.0 Å². The topological polar surface area (TPSA) is 64.9 Å². The molecule has 1 amide bonds. The van der Waals surface area contributed by atoms with Crippen molar-refractivity contribution in [1.82, 2.24) is 0 Å². The number of pyridine rings is 1. The van der Waals surface area contributed by atoms with Gasteiger partial charge in [-0.15, -0.1) is 0 Å². The van der Waals surface area contributed by atoms with E-state index < -0.39 is 11.7 Å². The Morgan fingerprint density at radius 3 is 2.50 bits per heavy atom. The fourth-order valence-electron chi connectivity index (χ4n) is 2.52. The normalized spacial score (nSPS) is 18.3. The monoisotopic (exact) mass is 338 g/mol. The summed E-state index contributed by atoms with van der Waals surface area (Å²) in [6.07, 6.45) is -3.52. The molecule has 22 heavy (non-hydrogen) atoms. The van der Waals surface area contributed by atoms with Gasteiger partial charge in [0.05, 0.1) is 5.56 Å². The lowest BCUT2D eigenvalue weighted by molar-refractivity contribution is -0.914. The van der Waals surface area contributed by atoms with E-state index in [1.165, 1.54) is 0 Å². The average molecular weight is 339 g/mol. The lowest BCUT2D eigenvalue weighted by Crippen LogP contribution is -3.19. The number of carbonyl (C=O) groups excluding carboxylic acids is 1. The van der Waals surface area contributed by atoms with Gasteiger partial charge in [0, 0.05) is 0 Å². The van der Waals surface area contributed by atoms with Gasteiger partial charge in [-0.05, 0) is 13.0 Å². The molecular weight excluding hydrogens is 321 g/mol. The number of piperazine rings is 1. The number of quaternary nitrogens is 1. The molecule has 1 aliphatic rings. The SMILES string of the molecule is C[C@H](C(N)=O)[NH+]1CCN(c2[nH+]cc(C(F)(F)F)cc2Cl)CC1. The molecule has 0 aromatic carbocycles. The summed E-state index contributed by atoms with van der Waals surface area (Å²) < 4.78 is 37.9. The van der Waals surface area contributed by atoms with Crippen LogP contribution in [0.15, 0.2) is 12.3 Å². The third kappa shape index (κ3) is 3.61. The predicted molar refractivity (Wildman–Crippen MR) is 74.6 cm³/mol. The number of nitrogens with one attached hydrogen (secondary N) is 2. The van der Waals surface area contributed by atoms with Gasteiger partial charge in [0.25, 0.3) is 11.7 Å². The summed E-state index contributed by atoms with van der Waals surface area (Å²) in [5, 5.41) is 0.0289. The molecule has 2 rings (SSSR count). The zero-order chi connectivity index (χ0) is 16.5. The number of primary amides is 1. The molecule has 1 aliphatic heterocycles. The van der Waals surface area contributed by atoms with E-state index in [0.717, 1.165) is 17.2 Å². The second-order valence-electron chi connectivity index (χ2n) is 5.35. The van der Waals surface area contributed by atoms with Crippen LogP contribution >= 0.6 is 11.6 Å². The maximum atomic E-state index is 12.6. The standard InChI is InChI=1S/C13H16ClF3N4O/c1-8(11(18)22)20-2-4-21(5-3-20)12-10(14)6-9(7-19-12)13(15,16)17/h6-8H,2-5H2,1H3,(H2,18,22)/p+2/t8-/m1/s1. The predicted octanol–water partition coefficient (Wildman–Crippen LogP) is -0.248. The highest BCUT2D eigenvalue weighted by atomic mass is 35.5. The van der Waals surface area contributed by atoms with Crippen molar-refractivity contribution in [1.29, 1.82) is 0 Å². The summed E-state index contributed by atoms with van der Waals surface area (Å²) in [6, 6.07) is 0.632. The molecule has 0 saturated carbocycles. The van der Waals surface area contributed by atoms with Crippen molar-refractivity contribution in [2.24, 2.45) is 5.73 Å². The van der Waals surface area contributed by atoms with Gasteiger partial charge in [0.2, 0.25) is 0 Å². The van der Waals surface area contributed by atoms with Crippen LogP contribution in [0, 0.1) is 0 Å². The highest BCUT2D eigenvalue weighted by molar-refractivity contribution is 6.32. The molecule has 4 N–H and O–H groups in total. The van der Waals surface area contributed by atoms with Crippen LogP contribution < -0.4 is 20.5 Å². The van der Waals surface area contributed by atoms with Crippen molar-refractivity contribution < 1.29 is 27.8 Å². The van der Waals surface area contributed by atoms with Gasteiger partial charge >= 0.3 is 6.18 Å². The van der Waals surface area contributed by atoms with Crippen molar-refractivity contribution in [3.8, 4) is 0 Å². The van der Waals surface area contributed by atoms with Crippen LogP contribution in [-0.2, 0) is 11.0 Å². The van der Waals surface area contributed by atoms with Gasteiger partial charge in [-0.1, -0.05) is 11.6 Å². The van der Waals surface area contributed by atoms with Gasteiger partial charge < -0.3 is 10.6 Å². The number of nitrogens with zero attached hydrogens (tertiary/aromatic N) is 1. The highest BCUT2D eigenvalue weighted by Crippen LogP contribution is 2.31. The van der Waals surface area contributed by atoms with Crippen LogP contribution in [0.25, 0.3) is 0 Å². The summed E-state index contributed by atoms with van der Waals surface area (Å²) in [5.41, 5.74) is 4.47. The van der Waals surface area contributed by atoms with Crippen molar-refractivity contribution in [2.75, 3.05) is 31.1 Å². The first-order valence-electron chi connectivity index (χ1n) is 6.87. The quantitative estimate of drug-likeness (QED) is 0.798. The summed E-state index contributed by atoms with van der Waals surface area (Å²) >= 11 is 5.96. The van der Waals surface area contributed by atoms with E-state index in [9.17, 15) is 18.0 Å². The maximum absolute atomic E-state index is 12.6. The van der Waals surface area contributed by atoms with E-state index in [0.29, 0.717) is 32.0 Å². The van der Waals surface area contributed by atoms with E-state index in [1.807, 2.05) is 4.90 Å². The van der Waals surface area contributed by atoms with Gasteiger partial charge in [0.15, 0.2) is 6.04 Å². The van der Waals surface area contributed by atoms with Crippen molar-refractivity contribution >= 4 is 23.3 Å². The van der Waals surface area contributed by atoms with E-state index in [2.05, 4.69) is 4.98 Å². The molecule has 1 fully saturated rings. The Kier molecular flexibility index (Phi) is 4.81. The number of carbonyl (C=O) groups is 1. The van der Waals surface area contributed by atoms with E-state index >= 15 is 0 Å². The van der Waals surface area contributed by atoms with Crippen molar-refractivity contribution in [2.45, 2.75) is 19.1 Å². The van der Waals surface area contributed by atoms with Crippen LogP contribution in [0.3, 0.4) is 0 Å². The molecule has 2 heterocycles. The number of halogens is 4. The number of rotatable bonds is 3. The number of nitrogens with two attached hydrogens (primary N) is 1. The molecule has 9 heteroatoms. The second-order valence-corrected chi connectivity index (χ2v) is 5.76. The molecular formula is C13H18ClF3N4O+2. The van der Waals surface area contributed by atoms with Gasteiger partial charge in [0.1, 0.15) is 37.4 Å². The molecule has 122 valence electrons. The minimum absolute atomic E-state index is 0.0289. The van der Waals surface area contributed by atoms with Crippen LogP contribution in [0.5, 0.6) is 0 Å². The Bertz CT molecular complexity index is 559. The summed E-state index contributed by atoms with van der Waals surface area (Å²) in [4.78, 5) is 16.7. The summed E-state index contributed by atoms with van der Waals surface area (Å²) in [5.74, 6) is 0.100. The first kappa shape index (κ1) is 16.8. The number of anilines is 1. The lowest BCUT2D eigenvalue weighted by atomic mass is 10.2. The molecule has 1 atom stereocenters. The Morgan fingerprint density at radius 1 is 1.45 bits per heavy atom. The zero-order valence-corrected chi connectivity index (χ0v) is 12.8. The minimum atomic E-state index is -4.43. The molecule has 0 unspecified atom stereocenters. The lowest BCUT2D eigenvalue weighted by Gasteiger charge is -2.31. The molecule has 1 aromatic rings. The smallest absolute Gasteiger partial charge is 0.365 e. The Morgan fingerprint density at radius 2 is 2.05 bits per heavy atom. The largest absolute Gasteiger partial charge is 0.419 e. The van der Waals surface area contributed by atoms with E-state index in [4.69, 9.17) is 17.3 Å². The number of aromatic nitrogens is 1. The Balaban J connectivity index is 2.07. The molecule has 5 nitrogen and oxygen atoms in total. The Hall–Kier alpha value is -1.54. The average Bonchev–Trinajstić information content (AvgIpc) is 2.45. The zero-order valence-electron chi connectivity index (χ0n) is 12.0. The van der Waals surface area contributed by atoms with E-state index in [-0.39, 0.29) is 17.0 Å². The molecule has 0 spiro atoms. The number of hydrogen-bond acceptors (Lipinski definition) is 2. The van der Waals surface area contributed by atoms with Crippen LogP contribution in [0.1, 0.15) is 12.5 Å². The first-order valence-corrected chi connectivity index (χ1v) is 7.25. The number of aromatic amines is 1. The van der Waals surface area contributed by atoms with Crippen LogP contribution in [0.2, 0.25) is 5.02 Å². The first-order chi connectivity index (χ1) is 10.2. The van der Waals surface area contributed by atoms with E-state index in [1.54, 1.807) is 6.92 Å². The molecule has 0 bridgehead atoms. The number of amides is 1. The van der Waals surface area contributed by atoms with Crippen molar-refractivity contribution in [3.63, 3.8) is 0 Å². The second kappa shape index (κ2) is 6.29. The maximum Gasteiger partial charge on any atom is 0.419 e. The Labute approximate surface area is 130 Å². The number of alkyl halides is 3. The molecule has 0 aliphatic carbocycles. The highest BCUT2D eigenvalue weighted by Gasteiger charge is 2.36. The molecule has 1 aromatic heterocycles. The molecule has 0 radical (unpaired) electrons. The number of hydrogen-bond donors (Lipinski definition) is 2. The fourth-order valence-corrected chi connectivity index (χ4v) is 2.81.